The van der Waals surface area contributed by atoms with Gasteiger partial charge in [-0.05, 0) is 48.2 Å². The van der Waals surface area contributed by atoms with Crippen molar-refractivity contribution in [2.45, 2.75) is 24.1 Å². The number of imide groups is 1. The van der Waals surface area contributed by atoms with Crippen molar-refractivity contribution in [3.8, 4) is 11.5 Å². The molecule has 1 aliphatic heterocycles. The summed E-state index contributed by atoms with van der Waals surface area (Å²) < 4.78 is 10.4. The number of carbonyl (C=O) groups excluding carboxylic acids is 3. The second kappa shape index (κ2) is 9.30. The maximum Gasteiger partial charge on any atom is 0.322 e. The van der Waals surface area contributed by atoms with Crippen molar-refractivity contribution in [1.29, 1.82) is 0 Å². The number of benzene rings is 2. The SMILES string of the molecule is COC(=O)[C@@H](N)Cc1ccc(Oc2ccc(CC3SC(=O)NC3=O)c(Cl)c2)cc1. The van der Waals surface area contributed by atoms with Crippen molar-refractivity contribution < 1.29 is 23.9 Å². The number of halogens is 1. The molecule has 0 aromatic heterocycles. The van der Waals surface area contributed by atoms with Crippen LogP contribution in [-0.4, -0.2) is 35.5 Å². The number of hydrogen-bond acceptors (Lipinski definition) is 7. The number of rotatable bonds is 7. The van der Waals surface area contributed by atoms with Crippen LogP contribution < -0.4 is 15.8 Å². The smallest absolute Gasteiger partial charge is 0.322 e. The normalized spacial score (nSPS) is 17.0. The Labute approximate surface area is 176 Å². The van der Waals surface area contributed by atoms with Crippen LogP contribution in [0.5, 0.6) is 11.5 Å². The molecule has 1 aliphatic rings. The fraction of sp³-hybridized carbons (Fsp3) is 0.250. The Morgan fingerprint density at radius 3 is 2.48 bits per heavy atom. The predicted molar refractivity (Wildman–Crippen MR) is 110 cm³/mol. The highest BCUT2D eigenvalue weighted by Crippen LogP contribution is 2.30. The Hall–Kier alpha value is -2.55. The van der Waals surface area contributed by atoms with Gasteiger partial charge in [-0.15, -0.1) is 0 Å². The van der Waals surface area contributed by atoms with Gasteiger partial charge in [0, 0.05) is 5.02 Å². The average molecular weight is 435 g/mol. The first-order chi connectivity index (χ1) is 13.9. The Balaban J connectivity index is 1.62. The summed E-state index contributed by atoms with van der Waals surface area (Å²) in [5, 5.41) is 1.90. The lowest BCUT2D eigenvalue weighted by molar-refractivity contribution is -0.142. The molecule has 1 unspecified atom stereocenters. The van der Waals surface area contributed by atoms with E-state index in [0.717, 1.165) is 22.9 Å². The predicted octanol–water partition coefficient (Wildman–Crippen LogP) is 3.07. The van der Waals surface area contributed by atoms with E-state index in [1.807, 2.05) is 12.1 Å². The molecule has 1 heterocycles. The third-order valence-electron chi connectivity index (χ3n) is 4.32. The van der Waals surface area contributed by atoms with E-state index in [1.165, 1.54) is 7.11 Å². The lowest BCUT2D eigenvalue weighted by Gasteiger charge is -2.12. The van der Waals surface area contributed by atoms with Crippen molar-refractivity contribution in [2.24, 2.45) is 5.73 Å². The van der Waals surface area contributed by atoms with E-state index in [2.05, 4.69) is 10.1 Å². The van der Waals surface area contributed by atoms with Crippen LogP contribution in [0, 0.1) is 0 Å². The van der Waals surface area contributed by atoms with Gasteiger partial charge in [0.2, 0.25) is 5.91 Å². The van der Waals surface area contributed by atoms with Crippen molar-refractivity contribution in [3.05, 3.63) is 58.6 Å². The molecule has 0 aliphatic carbocycles. The van der Waals surface area contributed by atoms with E-state index >= 15 is 0 Å². The minimum absolute atomic E-state index is 0.302. The second-order valence-electron chi connectivity index (χ2n) is 6.42. The largest absolute Gasteiger partial charge is 0.468 e. The molecule has 2 aromatic carbocycles. The van der Waals surface area contributed by atoms with Gasteiger partial charge in [-0.25, -0.2) is 0 Å². The molecule has 29 heavy (non-hydrogen) atoms. The van der Waals surface area contributed by atoms with E-state index in [1.54, 1.807) is 30.3 Å². The molecule has 3 rings (SSSR count). The van der Waals surface area contributed by atoms with Gasteiger partial charge in [-0.3, -0.25) is 19.7 Å². The van der Waals surface area contributed by atoms with E-state index in [0.29, 0.717) is 29.4 Å². The molecule has 7 nitrogen and oxygen atoms in total. The average Bonchev–Trinajstić information content (AvgIpc) is 3.01. The van der Waals surface area contributed by atoms with E-state index in [9.17, 15) is 14.4 Å². The Kier molecular flexibility index (Phi) is 6.79. The summed E-state index contributed by atoms with van der Waals surface area (Å²) in [6, 6.07) is 11.7. The quantitative estimate of drug-likeness (QED) is 0.644. The molecule has 3 N–H and O–H groups in total. The van der Waals surface area contributed by atoms with Gasteiger partial charge in [0.15, 0.2) is 0 Å². The molecule has 9 heteroatoms. The van der Waals surface area contributed by atoms with Crippen molar-refractivity contribution in [3.63, 3.8) is 0 Å². The van der Waals surface area contributed by atoms with Gasteiger partial charge in [-0.2, -0.15) is 0 Å². The maximum atomic E-state index is 11.7. The fourth-order valence-electron chi connectivity index (χ4n) is 2.80. The Morgan fingerprint density at radius 1 is 1.21 bits per heavy atom. The van der Waals surface area contributed by atoms with E-state index < -0.39 is 17.3 Å². The molecule has 2 atom stereocenters. The zero-order valence-electron chi connectivity index (χ0n) is 15.5. The van der Waals surface area contributed by atoms with Crippen LogP contribution in [0.25, 0.3) is 0 Å². The Morgan fingerprint density at radius 2 is 1.90 bits per heavy atom. The van der Waals surface area contributed by atoms with Gasteiger partial charge in [0.05, 0.1) is 12.4 Å². The summed E-state index contributed by atoms with van der Waals surface area (Å²) in [5.74, 6) is 0.374. The van der Waals surface area contributed by atoms with Crippen LogP contribution in [0.15, 0.2) is 42.5 Å². The van der Waals surface area contributed by atoms with Crippen LogP contribution in [0.3, 0.4) is 0 Å². The summed E-state index contributed by atoms with van der Waals surface area (Å²) in [5.41, 5.74) is 7.40. The first kappa shape index (κ1) is 21.2. The molecule has 0 bridgehead atoms. The van der Waals surface area contributed by atoms with Crippen LogP contribution >= 0.6 is 23.4 Å². The van der Waals surface area contributed by atoms with Crippen molar-refractivity contribution >= 4 is 40.5 Å². The summed E-state index contributed by atoms with van der Waals surface area (Å²) in [6.45, 7) is 0. The molecule has 2 aromatic rings. The monoisotopic (exact) mass is 434 g/mol. The molecule has 0 saturated carbocycles. The highest BCUT2D eigenvalue weighted by Gasteiger charge is 2.32. The molecule has 1 saturated heterocycles. The molecule has 1 fully saturated rings. The number of ether oxygens (including phenoxy) is 2. The number of nitrogens with one attached hydrogen (secondary N) is 1. The summed E-state index contributed by atoms with van der Waals surface area (Å²) in [7, 11) is 1.30. The zero-order chi connectivity index (χ0) is 21.0. The Bertz CT molecular complexity index is 935. The summed E-state index contributed by atoms with van der Waals surface area (Å²) >= 11 is 7.29. The third-order valence-corrected chi connectivity index (χ3v) is 5.65. The van der Waals surface area contributed by atoms with Gasteiger partial charge >= 0.3 is 5.97 Å². The number of carbonyl (C=O) groups is 3. The van der Waals surface area contributed by atoms with Gasteiger partial charge in [-0.1, -0.05) is 41.6 Å². The first-order valence-electron chi connectivity index (χ1n) is 8.76. The zero-order valence-corrected chi connectivity index (χ0v) is 17.1. The number of methoxy groups -OCH3 is 1. The van der Waals surface area contributed by atoms with Gasteiger partial charge in [0.25, 0.3) is 5.24 Å². The number of esters is 1. The number of hydrogen-bond donors (Lipinski definition) is 2. The standard InChI is InChI=1S/C20H19ClN2O5S/c1-27-19(25)16(22)8-11-2-5-13(6-3-11)28-14-7-4-12(15(21)10-14)9-17-18(24)23-20(26)29-17/h2-7,10,16-17H,8-9,22H2,1H3,(H,23,24,26)/t16-,17?/m0/s1. The molecule has 152 valence electrons. The van der Waals surface area contributed by atoms with Crippen LogP contribution in [0.1, 0.15) is 11.1 Å². The number of nitrogens with two attached hydrogens (primary N) is 1. The van der Waals surface area contributed by atoms with Crippen LogP contribution in [-0.2, 0) is 27.2 Å². The number of amides is 2. The van der Waals surface area contributed by atoms with E-state index in [-0.39, 0.29) is 11.1 Å². The number of thioether (sulfide) groups is 1. The molecule has 0 spiro atoms. The molecular formula is C20H19ClN2O5S. The van der Waals surface area contributed by atoms with Gasteiger partial charge in [0.1, 0.15) is 17.5 Å². The van der Waals surface area contributed by atoms with E-state index in [4.69, 9.17) is 22.1 Å². The van der Waals surface area contributed by atoms with Crippen LogP contribution in [0.2, 0.25) is 5.02 Å². The van der Waals surface area contributed by atoms with Gasteiger partial charge < -0.3 is 15.2 Å². The molecular weight excluding hydrogens is 416 g/mol. The topological polar surface area (TPSA) is 108 Å². The lowest BCUT2D eigenvalue weighted by Crippen LogP contribution is -2.33. The van der Waals surface area contributed by atoms with Crippen molar-refractivity contribution in [2.75, 3.05) is 7.11 Å². The highest BCUT2D eigenvalue weighted by molar-refractivity contribution is 8.15. The van der Waals surface area contributed by atoms with Crippen LogP contribution in [0.4, 0.5) is 4.79 Å². The molecule has 0 radical (unpaired) electrons. The maximum absolute atomic E-state index is 11.7. The minimum atomic E-state index is -0.714. The second-order valence-corrected chi connectivity index (χ2v) is 8.00. The highest BCUT2D eigenvalue weighted by atomic mass is 35.5. The first-order valence-corrected chi connectivity index (χ1v) is 10.0. The summed E-state index contributed by atoms with van der Waals surface area (Å²) in [4.78, 5) is 34.4. The lowest BCUT2D eigenvalue weighted by atomic mass is 10.1. The minimum Gasteiger partial charge on any atom is -0.468 e. The fourth-order valence-corrected chi connectivity index (χ4v) is 3.90. The molecule has 2 amide bonds. The summed E-state index contributed by atoms with van der Waals surface area (Å²) in [6.07, 6.45) is 0.721. The van der Waals surface area contributed by atoms with Crippen molar-refractivity contribution in [1.82, 2.24) is 5.32 Å². The third kappa shape index (κ3) is 5.50.